The van der Waals surface area contributed by atoms with Crippen molar-refractivity contribution in [1.82, 2.24) is 15.2 Å². The van der Waals surface area contributed by atoms with Crippen molar-refractivity contribution in [1.29, 1.82) is 0 Å². The molecule has 3 rings (SSSR count). The van der Waals surface area contributed by atoms with Crippen molar-refractivity contribution in [2.24, 2.45) is 5.92 Å². The first kappa shape index (κ1) is 20.8. The van der Waals surface area contributed by atoms with Crippen LogP contribution < -0.4 is 10.1 Å². The minimum atomic E-state index is -0.121. The molecular weight excluding hydrogens is 370 g/mol. The van der Waals surface area contributed by atoms with Gasteiger partial charge in [0.1, 0.15) is 11.3 Å². The predicted molar refractivity (Wildman–Crippen MR) is 109 cm³/mol. The van der Waals surface area contributed by atoms with E-state index in [0.29, 0.717) is 49.9 Å². The molecule has 1 aliphatic heterocycles. The van der Waals surface area contributed by atoms with E-state index in [1.807, 2.05) is 30.3 Å². The standard InChI is InChI=1S/C22H27N3O4/c1-28-16-13-23-20(26)17-7-6-14-25(15-11-17)22(27)19-10-5-12-24-21(19)29-18-8-3-2-4-9-18/h2-5,8-10,12,17H,6-7,11,13-16H2,1H3,(H,23,26). The summed E-state index contributed by atoms with van der Waals surface area (Å²) in [5, 5.41) is 2.90. The number of amides is 2. The molecule has 1 aliphatic rings. The Bertz CT molecular complexity index is 813. The summed E-state index contributed by atoms with van der Waals surface area (Å²) in [5.41, 5.74) is 0.430. The zero-order valence-corrected chi connectivity index (χ0v) is 16.7. The molecule has 1 N–H and O–H groups in total. The summed E-state index contributed by atoms with van der Waals surface area (Å²) in [5.74, 6) is 0.750. The van der Waals surface area contributed by atoms with Gasteiger partial charge in [-0.2, -0.15) is 0 Å². The molecule has 1 saturated heterocycles. The Morgan fingerprint density at radius 1 is 1.14 bits per heavy atom. The van der Waals surface area contributed by atoms with E-state index in [2.05, 4.69) is 10.3 Å². The maximum atomic E-state index is 13.1. The van der Waals surface area contributed by atoms with Crippen LogP contribution in [-0.4, -0.2) is 55.0 Å². The molecule has 1 atom stereocenters. The Kier molecular flexibility index (Phi) is 7.58. The molecule has 2 aromatic rings. The molecule has 2 amide bonds. The van der Waals surface area contributed by atoms with Crippen LogP contribution in [0.2, 0.25) is 0 Å². The summed E-state index contributed by atoms with van der Waals surface area (Å²) in [6.45, 7) is 2.14. The number of para-hydroxylation sites is 1. The summed E-state index contributed by atoms with van der Waals surface area (Å²) < 4.78 is 10.8. The highest BCUT2D eigenvalue weighted by molar-refractivity contribution is 5.96. The quantitative estimate of drug-likeness (QED) is 0.727. The van der Waals surface area contributed by atoms with E-state index in [9.17, 15) is 9.59 Å². The number of aromatic nitrogens is 1. The van der Waals surface area contributed by atoms with Gasteiger partial charge in [0.2, 0.25) is 11.8 Å². The number of methoxy groups -OCH3 is 1. The first-order valence-electron chi connectivity index (χ1n) is 9.93. The second-order valence-electron chi connectivity index (χ2n) is 6.98. The van der Waals surface area contributed by atoms with Gasteiger partial charge in [0, 0.05) is 38.9 Å². The summed E-state index contributed by atoms with van der Waals surface area (Å²) in [6, 6.07) is 12.7. The van der Waals surface area contributed by atoms with Crippen molar-refractivity contribution in [2.45, 2.75) is 19.3 Å². The fourth-order valence-corrected chi connectivity index (χ4v) is 3.39. The topological polar surface area (TPSA) is 80.8 Å². The van der Waals surface area contributed by atoms with Gasteiger partial charge in [-0.05, 0) is 43.5 Å². The minimum Gasteiger partial charge on any atom is -0.438 e. The molecule has 29 heavy (non-hydrogen) atoms. The van der Waals surface area contributed by atoms with Gasteiger partial charge >= 0.3 is 0 Å². The van der Waals surface area contributed by atoms with Gasteiger partial charge in [0.15, 0.2) is 0 Å². The van der Waals surface area contributed by atoms with Crippen LogP contribution >= 0.6 is 0 Å². The number of rotatable bonds is 7. The van der Waals surface area contributed by atoms with Crippen LogP contribution in [0.5, 0.6) is 11.6 Å². The number of carbonyl (C=O) groups is 2. The Hall–Kier alpha value is -2.93. The fourth-order valence-electron chi connectivity index (χ4n) is 3.39. The van der Waals surface area contributed by atoms with E-state index in [1.54, 1.807) is 30.3 Å². The fraction of sp³-hybridized carbons (Fsp3) is 0.409. The first-order valence-corrected chi connectivity index (χ1v) is 9.93. The summed E-state index contributed by atoms with van der Waals surface area (Å²) in [6.07, 6.45) is 3.80. The number of carbonyl (C=O) groups excluding carboxylic acids is 2. The molecule has 1 unspecified atom stereocenters. The molecule has 1 aromatic heterocycles. The monoisotopic (exact) mass is 397 g/mol. The third kappa shape index (κ3) is 5.77. The number of likely N-dealkylation sites (tertiary alicyclic amines) is 1. The van der Waals surface area contributed by atoms with Gasteiger partial charge in [0.25, 0.3) is 5.91 Å². The lowest BCUT2D eigenvalue weighted by Gasteiger charge is -2.21. The lowest BCUT2D eigenvalue weighted by atomic mass is 10.00. The zero-order valence-electron chi connectivity index (χ0n) is 16.7. The summed E-state index contributed by atoms with van der Waals surface area (Å²) in [7, 11) is 1.61. The molecule has 0 aliphatic carbocycles. The molecule has 7 heteroatoms. The molecule has 1 aromatic carbocycles. The maximum Gasteiger partial charge on any atom is 0.259 e. The summed E-state index contributed by atoms with van der Waals surface area (Å²) in [4.78, 5) is 31.5. The molecule has 0 saturated carbocycles. The van der Waals surface area contributed by atoms with E-state index in [4.69, 9.17) is 9.47 Å². The molecule has 0 bridgehead atoms. The third-order valence-corrected chi connectivity index (χ3v) is 4.95. The van der Waals surface area contributed by atoms with Crippen molar-refractivity contribution in [3.05, 3.63) is 54.2 Å². The Balaban J connectivity index is 1.64. The smallest absolute Gasteiger partial charge is 0.259 e. The number of ether oxygens (including phenoxy) is 2. The number of pyridine rings is 1. The van der Waals surface area contributed by atoms with Crippen molar-refractivity contribution in [3.63, 3.8) is 0 Å². The molecule has 0 spiro atoms. The third-order valence-electron chi connectivity index (χ3n) is 4.95. The van der Waals surface area contributed by atoms with E-state index in [-0.39, 0.29) is 17.7 Å². The summed E-state index contributed by atoms with van der Waals surface area (Å²) >= 11 is 0. The number of benzene rings is 1. The van der Waals surface area contributed by atoms with E-state index in [1.165, 1.54) is 0 Å². The highest BCUT2D eigenvalue weighted by Crippen LogP contribution is 2.25. The Labute approximate surface area is 171 Å². The van der Waals surface area contributed by atoms with Crippen molar-refractivity contribution < 1.29 is 19.1 Å². The lowest BCUT2D eigenvalue weighted by Crippen LogP contribution is -2.35. The van der Waals surface area contributed by atoms with Crippen LogP contribution in [0.4, 0.5) is 0 Å². The van der Waals surface area contributed by atoms with Crippen LogP contribution in [0.25, 0.3) is 0 Å². The lowest BCUT2D eigenvalue weighted by molar-refractivity contribution is -0.125. The van der Waals surface area contributed by atoms with Crippen LogP contribution in [0.15, 0.2) is 48.7 Å². The zero-order chi connectivity index (χ0) is 20.5. The van der Waals surface area contributed by atoms with E-state index >= 15 is 0 Å². The molecule has 1 fully saturated rings. The molecule has 2 heterocycles. The predicted octanol–water partition coefficient (Wildman–Crippen LogP) is 2.88. The number of hydrogen-bond acceptors (Lipinski definition) is 5. The molecule has 7 nitrogen and oxygen atoms in total. The van der Waals surface area contributed by atoms with Gasteiger partial charge in [-0.3, -0.25) is 9.59 Å². The van der Waals surface area contributed by atoms with Gasteiger partial charge in [0.05, 0.1) is 6.61 Å². The second kappa shape index (κ2) is 10.6. The van der Waals surface area contributed by atoms with Crippen molar-refractivity contribution >= 4 is 11.8 Å². The molecule has 0 radical (unpaired) electrons. The van der Waals surface area contributed by atoms with E-state index in [0.717, 1.165) is 12.8 Å². The van der Waals surface area contributed by atoms with E-state index < -0.39 is 0 Å². The minimum absolute atomic E-state index is 0.0332. The van der Waals surface area contributed by atoms with Gasteiger partial charge in [-0.25, -0.2) is 4.98 Å². The SMILES string of the molecule is COCCNC(=O)C1CCCN(C(=O)c2cccnc2Oc2ccccc2)CC1. The average Bonchev–Trinajstić information content (AvgIpc) is 3.01. The Morgan fingerprint density at radius 3 is 2.76 bits per heavy atom. The van der Waals surface area contributed by atoms with Crippen LogP contribution in [0.3, 0.4) is 0 Å². The normalized spacial score (nSPS) is 16.7. The first-order chi connectivity index (χ1) is 14.2. The average molecular weight is 397 g/mol. The second-order valence-corrected chi connectivity index (χ2v) is 6.98. The van der Waals surface area contributed by atoms with Gasteiger partial charge in [-0.1, -0.05) is 18.2 Å². The van der Waals surface area contributed by atoms with Crippen LogP contribution in [0, 0.1) is 5.92 Å². The largest absolute Gasteiger partial charge is 0.438 e. The van der Waals surface area contributed by atoms with Crippen molar-refractivity contribution in [3.8, 4) is 11.6 Å². The molecular formula is C22H27N3O4. The number of nitrogens with zero attached hydrogens (tertiary/aromatic N) is 2. The maximum absolute atomic E-state index is 13.1. The van der Waals surface area contributed by atoms with Crippen LogP contribution in [0.1, 0.15) is 29.6 Å². The number of hydrogen-bond donors (Lipinski definition) is 1. The highest BCUT2D eigenvalue weighted by atomic mass is 16.5. The van der Waals surface area contributed by atoms with Gasteiger partial charge < -0.3 is 19.7 Å². The Morgan fingerprint density at radius 2 is 1.97 bits per heavy atom. The van der Waals surface area contributed by atoms with Gasteiger partial charge in [-0.15, -0.1) is 0 Å². The van der Waals surface area contributed by atoms with Crippen molar-refractivity contribution in [2.75, 3.05) is 33.4 Å². The van der Waals surface area contributed by atoms with Crippen LogP contribution in [-0.2, 0) is 9.53 Å². The molecule has 154 valence electrons. The number of nitrogens with one attached hydrogen (secondary N) is 1. The highest BCUT2D eigenvalue weighted by Gasteiger charge is 2.27.